The van der Waals surface area contributed by atoms with Crippen molar-refractivity contribution < 1.29 is 14.7 Å². The molecule has 2 amide bonds. The maximum Gasteiger partial charge on any atom is 0.267 e. The molecule has 0 bridgehead atoms. The van der Waals surface area contributed by atoms with Gasteiger partial charge in [0.1, 0.15) is 11.4 Å². The Balaban J connectivity index is 3.20. The molecule has 0 aliphatic carbocycles. The molecule has 0 aromatic carbocycles. The van der Waals surface area contributed by atoms with Crippen molar-refractivity contribution in [2.75, 3.05) is 6.61 Å². The summed E-state index contributed by atoms with van der Waals surface area (Å²) in [7, 11) is 0. The third kappa shape index (κ3) is 2.50. The van der Waals surface area contributed by atoms with Gasteiger partial charge in [-0.25, -0.2) is 4.98 Å². The Morgan fingerprint density at radius 1 is 1.27 bits per heavy atom. The van der Waals surface area contributed by atoms with Gasteiger partial charge in [0.15, 0.2) is 0 Å². The fraction of sp³-hybridized carbons (Fsp3) is 0.222. The normalized spacial score (nSPS) is 9.93. The number of aromatic nitrogens is 1. The van der Waals surface area contributed by atoms with Crippen molar-refractivity contribution in [2.24, 2.45) is 11.5 Å². The molecule has 5 N–H and O–H groups in total. The molecule has 1 aromatic rings. The Morgan fingerprint density at radius 2 is 1.93 bits per heavy atom. The summed E-state index contributed by atoms with van der Waals surface area (Å²) in [6, 6.07) is 2.89. The zero-order valence-corrected chi connectivity index (χ0v) is 7.93. The summed E-state index contributed by atoms with van der Waals surface area (Å²) in [5.74, 6) is -1.48. The number of hydrogen-bond donors (Lipinski definition) is 3. The summed E-state index contributed by atoms with van der Waals surface area (Å²) in [6.07, 6.45) is 0.254. The highest BCUT2D eigenvalue weighted by Gasteiger charge is 2.12. The van der Waals surface area contributed by atoms with Crippen LogP contribution in [0.2, 0.25) is 0 Å². The number of nitrogens with zero attached hydrogens (tertiary/aromatic N) is 1. The van der Waals surface area contributed by atoms with Crippen molar-refractivity contribution in [3.05, 3.63) is 29.1 Å². The second-order valence-corrected chi connectivity index (χ2v) is 2.91. The Morgan fingerprint density at radius 3 is 2.40 bits per heavy atom. The number of aliphatic hydroxyl groups excluding tert-OH is 1. The highest BCUT2D eigenvalue weighted by molar-refractivity contribution is 5.95. The summed E-state index contributed by atoms with van der Waals surface area (Å²) in [4.78, 5) is 25.5. The Bertz CT molecular complexity index is 404. The van der Waals surface area contributed by atoms with Crippen LogP contribution in [0.15, 0.2) is 12.1 Å². The molecule has 1 heterocycles. The van der Waals surface area contributed by atoms with Crippen LogP contribution in [-0.4, -0.2) is 28.5 Å². The molecule has 15 heavy (non-hydrogen) atoms. The van der Waals surface area contributed by atoms with E-state index in [-0.39, 0.29) is 24.4 Å². The number of rotatable bonds is 4. The number of nitrogens with two attached hydrogens (primary N) is 2. The minimum Gasteiger partial charge on any atom is -0.396 e. The summed E-state index contributed by atoms with van der Waals surface area (Å²) >= 11 is 0. The lowest BCUT2D eigenvalue weighted by molar-refractivity contribution is 0.0991. The van der Waals surface area contributed by atoms with Crippen LogP contribution in [0.4, 0.5) is 0 Å². The van der Waals surface area contributed by atoms with Crippen LogP contribution < -0.4 is 11.5 Å². The van der Waals surface area contributed by atoms with Gasteiger partial charge in [-0.2, -0.15) is 0 Å². The molecule has 0 atom stereocenters. The van der Waals surface area contributed by atoms with E-state index < -0.39 is 11.8 Å². The SMILES string of the molecule is NC(=O)c1ccc(CCO)c(C(N)=O)n1. The minimum atomic E-state index is -0.749. The van der Waals surface area contributed by atoms with Gasteiger partial charge in [-0.15, -0.1) is 0 Å². The second kappa shape index (κ2) is 4.52. The molecule has 0 aliphatic rings. The highest BCUT2D eigenvalue weighted by Crippen LogP contribution is 2.08. The first-order chi connectivity index (χ1) is 7.06. The van der Waals surface area contributed by atoms with Crippen molar-refractivity contribution >= 4 is 11.8 Å². The summed E-state index contributed by atoms with van der Waals surface area (Å²) in [5, 5.41) is 8.73. The lowest BCUT2D eigenvalue weighted by Gasteiger charge is -2.05. The monoisotopic (exact) mass is 209 g/mol. The zero-order valence-electron chi connectivity index (χ0n) is 7.93. The predicted molar refractivity (Wildman–Crippen MR) is 52.1 cm³/mol. The van der Waals surface area contributed by atoms with E-state index in [1.807, 2.05) is 0 Å². The topological polar surface area (TPSA) is 119 Å². The molecule has 0 aliphatic heterocycles. The molecule has 0 unspecified atom stereocenters. The van der Waals surface area contributed by atoms with E-state index in [1.54, 1.807) is 0 Å². The van der Waals surface area contributed by atoms with Gasteiger partial charge >= 0.3 is 0 Å². The summed E-state index contributed by atoms with van der Waals surface area (Å²) < 4.78 is 0. The number of carbonyl (C=O) groups is 2. The largest absolute Gasteiger partial charge is 0.396 e. The molecule has 0 fully saturated rings. The van der Waals surface area contributed by atoms with Gasteiger partial charge in [-0.1, -0.05) is 6.07 Å². The van der Waals surface area contributed by atoms with Crippen LogP contribution in [0.5, 0.6) is 0 Å². The maximum atomic E-state index is 11.0. The van der Waals surface area contributed by atoms with Gasteiger partial charge in [0.05, 0.1) is 0 Å². The van der Waals surface area contributed by atoms with Crippen molar-refractivity contribution in [3.8, 4) is 0 Å². The van der Waals surface area contributed by atoms with Crippen LogP contribution in [-0.2, 0) is 6.42 Å². The molecular formula is C9H11N3O3. The molecule has 6 heteroatoms. The van der Waals surface area contributed by atoms with E-state index in [4.69, 9.17) is 16.6 Å². The van der Waals surface area contributed by atoms with Gasteiger partial charge in [-0.05, 0) is 18.1 Å². The number of aliphatic hydroxyl groups is 1. The first-order valence-electron chi connectivity index (χ1n) is 4.26. The third-order valence-electron chi connectivity index (χ3n) is 1.85. The summed E-state index contributed by atoms with van der Waals surface area (Å²) in [6.45, 7) is -0.127. The van der Waals surface area contributed by atoms with Crippen molar-refractivity contribution in [3.63, 3.8) is 0 Å². The Hall–Kier alpha value is -1.95. The number of pyridine rings is 1. The van der Waals surface area contributed by atoms with E-state index in [0.29, 0.717) is 5.56 Å². The molecule has 0 saturated heterocycles. The fourth-order valence-electron chi connectivity index (χ4n) is 1.16. The number of amides is 2. The zero-order chi connectivity index (χ0) is 11.4. The highest BCUT2D eigenvalue weighted by atomic mass is 16.3. The lowest BCUT2D eigenvalue weighted by Crippen LogP contribution is -2.21. The second-order valence-electron chi connectivity index (χ2n) is 2.91. The van der Waals surface area contributed by atoms with Gasteiger partial charge in [0.2, 0.25) is 0 Å². The Labute approximate surface area is 85.9 Å². The standard InChI is InChI=1S/C9H11N3O3/c10-8(14)6-2-1-5(3-4-13)7(12-6)9(11)15/h1-2,13H,3-4H2,(H2,10,14)(H2,11,15). The molecule has 6 nitrogen and oxygen atoms in total. The smallest absolute Gasteiger partial charge is 0.267 e. The molecule has 0 saturated carbocycles. The van der Waals surface area contributed by atoms with Gasteiger partial charge in [0, 0.05) is 6.61 Å². The molecule has 1 aromatic heterocycles. The average Bonchev–Trinajstić information content (AvgIpc) is 2.18. The quantitative estimate of drug-likeness (QED) is 0.577. The fourth-order valence-corrected chi connectivity index (χ4v) is 1.16. The van der Waals surface area contributed by atoms with Crippen LogP contribution in [0.25, 0.3) is 0 Å². The van der Waals surface area contributed by atoms with Gasteiger partial charge < -0.3 is 16.6 Å². The molecule has 0 radical (unpaired) electrons. The van der Waals surface area contributed by atoms with Crippen LogP contribution >= 0.6 is 0 Å². The van der Waals surface area contributed by atoms with E-state index in [9.17, 15) is 9.59 Å². The minimum absolute atomic E-state index is 0.0227. The van der Waals surface area contributed by atoms with E-state index in [0.717, 1.165) is 0 Å². The number of carbonyl (C=O) groups excluding carboxylic acids is 2. The number of primary amides is 2. The van der Waals surface area contributed by atoms with E-state index in [2.05, 4.69) is 4.98 Å². The Kier molecular flexibility index (Phi) is 3.35. The van der Waals surface area contributed by atoms with Crippen molar-refractivity contribution in [2.45, 2.75) is 6.42 Å². The average molecular weight is 209 g/mol. The van der Waals surface area contributed by atoms with Gasteiger partial charge in [-0.3, -0.25) is 9.59 Å². The van der Waals surface area contributed by atoms with E-state index in [1.165, 1.54) is 12.1 Å². The molecular weight excluding hydrogens is 198 g/mol. The lowest BCUT2D eigenvalue weighted by atomic mass is 10.1. The van der Waals surface area contributed by atoms with Crippen molar-refractivity contribution in [1.82, 2.24) is 4.98 Å². The predicted octanol–water partition coefficient (Wildman–Crippen LogP) is -1.19. The third-order valence-corrected chi connectivity index (χ3v) is 1.85. The van der Waals surface area contributed by atoms with E-state index >= 15 is 0 Å². The van der Waals surface area contributed by atoms with Crippen LogP contribution in [0.3, 0.4) is 0 Å². The first-order valence-corrected chi connectivity index (χ1v) is 4.26. The number of hydrogen-bond acceptors (Lipinski definition) is 4. The molecule has 1 rings (SSSR count). The molecule has 80 valence electrons. The van der Waals surface area contributed by atoms with Crippen LogP contribution in [0, 0.1) is 0 Å². The van der Waals surface area contributed by atoms with Crippen molar-refractivity contribution in [1.29, 1.82) is 0 Å². The van der Waals surface area contributed by atoms with Gasteiger partial charge in [0.25, 0.3) is 11.8 Å². The molecule has 0 spiro atoms. The van der Waals surface area contributed by atoms with Crippen LogP contribution in [0.1, 0.15) is 26.5 Å². The maximum absolute atomic E-state index is 11.0. The summed E-state index contributed by atoms with van der Waals surface area (Å²) in [5.41, 5.74) is 10.5. The first kappa shape index (κ1) is 11.1.